The van der Waals surface area contributed by atoms with Gasteiger partial charge in [-0.25, -0.2) is 14.8 Å². The number of carbonyl (C=O) groups is 1. The zero-order valence-electron chi connectivity index (χ0n) is 15.8. The lowest BCUT2D eigenvalue weighted by molar-refractivity contribution is 0.173. The number of imidazole rings is 1. The molecule has 1 atom stereocenters. The number of urea groups is 1. The first-order valence-electron chi connectivity index (χ1n) is 9.89. The van der Waals surface area contributed by atoms with E-state index in [1.165, 1.54) is 0 Å². The van der Waals surface area contributed by atoms with Crippen LogP contribution in [0.1, 0.15) is 43.0 Å². The smallest absolute Gasteiger partial charge is 0.317 e. The van der Waals surface area contributed by atoms with Crippen molar-refractivity contribution in [3.05, 3.63) is 42.1 Å². The first kappa shape index (κ1) is 18.3. The minimum absolute atomic E-state index is 0.0188. The lowest BCUT2D eigenvalue weighted by Gasteiger charge is -2.36. The molecule has 0 unspecified atom stereocenters. The van der Waals surface area contributed by atoms with Crippen LogP contribution in [-0.2, 0) is 0 Å². The number of carbonyl (C=O) groups excluding carboxylic acids is 1. The van der Waals surface area contributed by atoms with Crippen LogP contribution in [0.25, 0.3) is 0 Å². The van der Waals surface area contributed by atoms with Crippen molar-refractivity contribution in [2.45, 2.75) is 37.6 Å². The van der Waals surface area contributed by atoms with Crippen molar-refractivity contribution in [2.24, 2.45) is 0 Å². The number of amides is 2. The lowest BCUT2D eigenvalue weighted by atomic mass is 9.97. The van der Waals surface area contributed by atoms with Gasteiger partial charge in [0.2, 0.25) is 0 Å². The average molecular weight is 379 g/mol. The van der Waals surface area contributed by atoms with Gasteiger partial charge < -0.3 is 20.1 Å². The van der Waals surface area contributed by atoms with E-state index in [1.807, 2.05) is 11.1 Å². The number of likely N-dealkylation sites (tertiary alicyclic amines) is 1. The van der Waals surface area contributed by atoms with Crippen molar-refractivity contribution in [3.8, 4) is 6.07 Å². The molecule has 8 heteroatoms. The predicted molar refractivity (Wildman–Crippen MR) is 105 cm³/mol. The van der Waals surface area contributed by atoms with E-state index in [2.05, 4.69) is 31.2 Å². The molecule has 0 aromatic carbocycles. The summed E-state index contributed by atoms with van der Waals surface area (Å²) >= 11 is 0. The van der Waals surface area contributed by atoms with Crippen molar-refractivity contribution < 1.29 is 4.79 Å². The van der Waals surface area contributed by atoms with Crippen LogP contribution in [0.15, 0.2) is 30.7 Å². The van der Waals surface area contributed by atoms with Gasteiger partial charge in [0, 0.05) is 56.7 Å². The molecule has 0 saturated carbocycles. The summed E-state index contributed by atoms with van der Waals surface area (Å²) in [5, 5.41) is 12.5. The Morgan fingerprint density at radius 2 is 2.07 bits per heavy atom. The molecular weight excluding hydrogens is 354 g/mol. The van der Waals surface area contributed by atoms with Crippen LogP contribution in [0.4, 0.5) is 10.6 Å². The molecular formula is C20H25N7O. The number of nitrogens with zero attached hydrogens (tertiary/aromatic N) is 5. The van der Waals surface area contributed by atoms with Gasteiger partial charge in [-0.1, -0.05) is 0 Å². The predicted octanol–water partition coefficient (Wildman–Crippen LogP) is 2.23. The van der Waals surface area contributed by atoms with Crippen LogP contribution in [0, 0.1) is 11.3 Å². The number of nitriles is 1. The Kier molecular flexibility index (Phi) is 5.42. The van der Waals surface area contributed by atoms with Crippen LogP contribution < -0.4 is 10.2 Å². The monoisotopic (exact) mass is 379 g/mol. The Labute approximate surface area is 164 Å². The Bertz CT molecular complexity index is 836. The number of aromatic amines is 1. The topological polar surface area (TPSA) is 101 Å². The molecule has 2 N–H and O–H groups in total. The fourth-order valence-electron chi connectivity index (χ4n) is 4.12. The molecule has 0 aliphatic carbocycles. The van der Waals surface area contributed by atoms with Gasteiger partial charge in [-0.3, -0.25) is 0 Å². The zero-order valence-corrected chi connectivity index (χ0v) is 15.8. The molecule has 28 heavy (non-hydrogen) atoms. The van der Waals surface area contributed by atoms with Crippen molar-refractivity contribution in [2.75, 3.05) is 31.1 Å². The average Bonchev–Trinajstić information content (AvgIpc) is 3.29. The number of pyridine rings is 1. The second-order valence-electron chi connectivity index (χ2n) is 7.46. The molecule has 2 aromatic heterocycles. The molecule has 2 saturated heterocycles. The molecule has 146 valence electrons. The molecule has 2 aliphatic heterocycles. The van der Waals surface area contributed by atoms with E-state index in [0.717, 1.165) is 57.0 Å². The molecule has 0 bridgehead atoms. The summed E-state index contributed by atoms with van der Waals surface area (Å²) < 4.78 is 0. The third-order valence-electron chi connectivity index (χ3n) is 5.64. The third kappa shape index (κ3) is 3.93. The van der Waals surface area contributed by atoms with E-state index in [-0.39, 0.29) is 18.0 Å². The Morgan fingerprint density at radius 3 is 2.82 bits per heavy atom. The standard InChI is InChI=1S/C20H25N7O/c21-13-15-3-1-7-24-19(15)26-11-5-17(6-12-26)25-20(28)27-10-2-4-16(14-27)18-22-8-9-23-18/h1,3,7-9,16-17H,2,4-6,10-12,14H2,(H,22,23)(H,25,28)/t16-/m0/s1. The molecule has 4 heterocycles. The second-order valence-corrected chi connectivity index (χ2v) is 7.46. The maximum absolute atomic E-state index is 12.7. The van der Waals surface area contributed by atoms with Gasteiger partial charge in [-0.05, 0) is 37.8 Å². The van der Waals surface area contributed by atoms with E-state index in [0.29, 0.717) is 12.1 Å². The quantitative estimate of drug-likeness (QED) is 0.852. The molecule has 2 fully saturated rings. The summed E-state index contributed by atoms with van der Waals surface area (Å²) in [4.78, 5) is 28.7. The van der Waals surface area contributed by atoms with E-state index in [4.69, 9.17) is 0 Å². The SMILES string of the molecule is N#Cc1cccnc1N1CCC(NC(=O)N2CCC[C@H](c3ncc[nH]3)C2)CC1. The number of piperidine rings is 2. The number of aromatic nitrogens is 3. The van der Waals surface area contributed by atoms with Crippen molar-refractivity contribution in [1.82, 2.24) is 25.2 Å². The number of hydrogen-bond donors (Lipinski definition) is 2. The number of anilines is 1. The van der Waals surface area contributed by atoms with Gasteiger partial charge in [0.15, 0.2) is 0 Å². The summed E-state index contributed by atoms with van der Waals surface area (Å²) in [5.74, 6) is 1.99. The highest BCUT2D eigenvalue weighted by molar-refractivity contribution is 5.74. The van der Waals surface area contributed by atoms with Crippen LogP contribution in [0.2, 0.25) is 0 Å². The second kappa shape index (κ2) is 8.30. The van der Waals surface area contributed by atoms with Gasteiger partial charge in [0.25, 0.3) is 0 Å². The Hall–Kier alpha value is -3.08. The lowest BCUT2D eigenvalue weighted by Crippen LogP contribution is -2.51. The highest BCUT2D eigenvalue weighted by atomic mass is 16.2. The van der Waals surface area contributed by atoms with Gasteiger partial charge in [0.05, 0.1) is 5.56 Å². The summed E-state index contributed by atoms with van der Waals surface area (Å²) in [5.41, 5.74) is 0.599. The fraction of sp³-hybridized carbons (Fsp3) is 0.500. The van der Waals surface area contributed by atoms with E-state index < -0.39 is 0 Å². The highest BCUT2D eigenvalue weighted by Crippen LogP contribution is 2.25. The minimum atomic E-state index is 0.0188. The largest absolute Gasteiger partial charge is 0.355 e. The van der Waals surface area contributed by atoms with Crippen LogP contribution in [-0.4, -0.2) is 58.1 Å². The first-order chi connectivity index (χ1) is 13.7. The Balaban J connectivity index is 1.30. The zero-order chi connectivity index (χ0) is 19.3. The molecule has 2 amide bonds. The van der Waals surface area contributed by atoms with Gasteiger partial charge in [-0.2, -0.15) is 5.26 Å². The molecule has 0 radical (unpaired) electrons. The highest BCUT2D eigenvalue weighted by Gasteiger charge is 2.29. The van der Waals surface area contributed by atoms with Crippen molar-refractivity contribution in [3.63, 3.8) is 0 Å². The maximum atomic E-state index is 12.7. The van der Waals surface area contributed by atoms with E-state index >= 15 is 0 Å². The third-order valence-corrected chi connectivity index (χ3v) is 5.64. The molecule has 4 rings (SSSR count). The molecule has 8 nitrogen and oxygen atoms in total. The van der Waals surface area contributed by atoms with Gasteiger partial charge in [-0.15, -0.1) is 0 Å². The van der Waals surface area contributed by atoms with Crippen molar-refractivity contribution >= 4 is 11.8 Å². The van der Waals surface area contributed by atoms with Gasteiger partial charge >= 0.3 is 6.03 Å². The maximum Gasteiger partial charge on any atom is 0.317 e. The molecule has 2 aromatic rings. The van der Waals surface area contributed by atoms with Crippen LogP contribution in [0.3, 0.4) is 0 Å². The normalized spacial score (nSPS) is 20.6. The number of rotatable bonds is 3. The summed E-state index contributed by atoms with van der Waals surface area (Å²) in [7, 11) is 0. The van der Waals surface area contributed by atoms with Crippen LogP contribution >= 0.6 is 0 Å². The summed E-state index contributed by atoms with van der Waals surface area (Å²) in [6.07, 6.45) is 9.07. The Morgan fingerprint density at radius 1 is 1.21 bits per heavy atom. The molecule has 0 spiro atoms. The van der Waals surface area contributed by atoms with Gasteiger partial charge in [0.1, 0.15) is 17.7 Å². The molecule has 2 aliphatic rings. The van der Waals surface area contributed by atoms with E-state index in [1.54, 1.807) is 24.5 Å². The summed E-state index contributed by atoms with van der Waals surface area (Å²) in [6.45, 7) is 3.07. The fourth-order valence-corrected chi connectivity index (χ4v) is 4.12. The number of nitrogens with one attached hydrogen (secondary N) is 2. The number of hydrogen-bond acceptors (Lipinski definition) is 5. The van der Waals surface area contributed by atoms with E-state index in [9.17, 15) is 10.1 Å². The summed E-state index contributed by atoms with van der Waals surface area (Å²) in [6, 6.07) is 5.96. The van der Waals surface area contributed by atoms with Crippen molar-refractivity contribution in [1.29, 1.82) is 5.26 Å². The first-order valence-corrected chi connectivity index (χ1v) is 9.89. The number of H-pyrrole nitrogens is 1. The van der Waals surface area contributed by atoms with Crippen LogP contribution in [0.5, 0.6) is 0 Å². The minimum Gasteiger partial charge on any atom is -0.355 e.